The fourth-order valence-electron chi connectivity index (χ4n) is 1.41. The second-order valence-electron chi connectivity index (χ2n) is 4.14. The monoisotopic (exact) mass is 270 g/mol. The van der Waals surface area contributed by atoms with Gasteiger partial charge in [0, 0.05) is 0 Å². The van der Waals surface area contributed by atoms with Crippen molar-refractivity contribution in [2.24, 2.45) is 0 Å². The van der Waals surface area contributed by atoms with Crippen LogP contribution >= 0.6 is 0 Å². The first kappa shape index (κ1) is 14.9. The number of aliphatic hydroxyl groups excluding tert-OH is 1. The number of aryl methyl sites for hydroxylation is 1. The number of aliphatic carboxylic acids is 1. The summed E-state index contributed by atoms with van der Waals surface area (Å²) in [6, 6.07) is 1.83. The number of nitrogens with one attached hydrogen (secondary N) is 2. The summed E-state index contributed by atoms with van der Waals surface area (Å²) in [7, 11) is 0. The summed E-state index contributed by atoms with van der Waals surface area (Å²) < 4.78 is 13.5. The molecule has 0 saturated carbocycles. The van der Waals surface area contributed by atoms with Crippen molar-refractivity contribution < 1.29 is 24.2 Å². The van der Waals surface area contributed by atoms with Crippen LogP contribution in [-0.4, -0.2) is 34.4 Å². The van der Waals surface area contributed by atoms with Crippen LogP contribution in [0, 0.1) is 12.7 Å². The van der Waals surface area contributed by atoms with Gasteiger partial charge in [-0.1, -0.05) is 6.07 Å². The third-order valence-electron chi connectivity index (χ3n) is 2.41. The van der Waals surface area contributed by atoms with Gasteiger partial charge >= 0.3 is 12.0 Å². The predicted molar refractivity (Wildman–Crippen MR) is 66.4 cm³/mol. The lowest BCUT2D eigenvalue weighted by Crippen LogP contribution is -2.49. The molecule has 0 saturated heterocycles. The average molecular weight is 270 g/mol. The molecule has 19 heavy (non-hydrogen) atoms. The van der Waals surface area contributed by atoms with Gasteiger partial charge in [0.25, 0.3) is 0 Å². The number of urea groups is 1. The Balaban J connectivity index is 2.72. The Bertz CT molecular complexity index is 491. The average Bonchev–Trinajstić information content (AvgIpc) is 2.29. The lowest BCUT2D eigenvalue weighted by atomic mass is 10.2. The van der Waals surface area contributed by atoms with Gasteiger partial charge in [-0.05, 0) is 31.5 Å². The zero-order valence-electron chi connectivity index (χ0n) is 10.5. The molecule has 0 aliphatic rings. The van der Waals surface area contributed by atoms with E-state index in [-0.39, 0.29) is 5.69 Å². The number of carboxylic acids is 1. The van der Waals surface area contributed by atoms with Gasteiger partial charge in [0.05, 0.1) is 11.8 Å². The van der Waals surface area contributed by atoms with Gasteiger partial charge in [0.15, 0.2) is 6.04 Å². The molecule has 1 aromatic rings. The number of rotatable bonds is 4. The number of benzene rings is 1. The van der Waals surface area contributed by atoms with Gasteiger partial charge in [0.1, 0.15) is 5.82 Å². The second-order valence-corrected chi connectivity index (χ2v) is 4.14. The minimum Gasteiger partial charge on any atom is -0.480 e. The van der Waals surface area contributed by atoms with Gasteiger partial charge in [-0.2, -0.15) is 0 Å². The third kappa shape index (κ3) is 4.22. The largest absolute Gasteiger partial charge is 0.480 e. The summed E-state index contributed by atoms with van der Waals surface area (Å²) in [5.74, 6) is -2.01. The lowest BCUT2D eigenvalue weighted by molar-refractivity contribution is -0.141. The zero-order valence-corrected chi connectivity index (χ0v) is 10.5. The number of carbonyl (C=O) groups excluding carboxylic acids is 1. The van der Waals surface area contributed by atoms with Crippen molar-refractivity contribution in [1.82, 2.24) is 5.32 Å². The maximum atomic E-state index is 13.5. The van der Waals surface area contributed by atoms with Crippen LogP contribution in [0.25, 0.3) is 0 Å². The van der Waals surface area contributed by atoms with E-state index in [0.29, 0.717) is 5.56 Å². The van der Waals surface area contributed by atoms with E-state index < -0.39 is 30.0 Å². The Hall–Kier alpha value is -2.15. The normalized spacial score (nSPS) is 13.5. The van der Waals surface area contributed by atoms with E-state index in [0.717, 1.165) is 0 Å². The van der Waals surface area contributed by atoms with E-state index in [2.05, 4.69) is 5.32 Å². The summed E-state index contributed by atoms with van der Waals surface area (Å²) in [6.07, 6.45) is -1.27. The molecule has 0 radical (unpaired) electrons. The van der Waals surface area contributed by atoms with Gasteiger partial charge in [-0.25, -0.2) is 14.0 Å². The van der Waals surface area contributed by atoms with Crippen LogP contribution in [0.2, 0.25) is 0 Å². The van der Waals surface area contributed by atoms with Gasteiger partial charge in [0.2, 0.25) is 0 Å². The highest BCUT2D eigenvalue weighted by molar-refractivity contribution is 5.92. The van der Waals surface area contributed by atoms with Gasteiger partial charge in [-0.3, -0.25) is 0 Å². The molecule has 0 bridgehead atoms. The summed E-state index contributed by atoms with van der Waals surface area (Å²) >= 11 is 0. The Kier molecular flexibility index (Phi) is 4.82. The van der Waals surface area contributed by atoms with Crippen LogP contribution in [-0.2, 0) is 4.79 Å². The number of carboxylic acid groups (broad SMARTS) is 1. The van der Waals surface area contributed by atoms with E-state index in [1.807, 2.05) is 5.32 Å². The van der Waals surface area contributed by atoms with Crippen LogP contribution in [0.1, 0.15) is 12.5 Å². The highest BCUT2D eigenvalue weighted by atomic mass is 19.1. The van der Waals surface area contributed by atoms with Crippen LogP contribution in [0.5, 0.6) is 0 Å². The molecule has 1 rings (SSSR count). The van der Waals surface area contributed by atoms with Crippen LogP contribution in [0.3, 0.4) is 0 Å². The standard InChI is InChI=1S/C12H15FN2O4/c1-6-3-4-9(8(13)5-6)14-12(19)15-10(7(2)16)11(17)18/h3-5,7,10,16H,1-2H3,(H,17,18)(H2,14,15,19). The molecule has 4 N–H and O–H groups in total. The number of anilines is 1. The third-order valence-corrected chi connectivity index (χ3v) is 2.41. The van der Waals surface area contributed by atoms with Crippen molar-refractivity contribution in [3.05, 3.63) is 29.6 Å². The Morgan fingerprint density at radius 2 is 2.00 bits per heavy atom. The SMILES string of the molecule is Cc1ccc(NC(=O)NC(C(=O)O)C(C)O)c(F)c1. The molecule has 2 atom stereocenters. The predicted octanol–water partition coefficient (Wildman–Crippen LogP) is 1.09. The number of hydrogen-bond acceptors (Lipinski definition) is 3. The minimum absolute atomic E-state index is 0.0715. The van der Waals surface area contributed by atoms with E-state index in [9.17, 15) is 19.1 Å². The molecular formula is C12H15FN2O4. The molecule has 2 unspecified atom stereocenters. The van der Waals surface area contributed by atoms with Gasteiger partial charge in [-0.15, -0.1) is 0 Å². The highest BCUT2D eigenvalue weighted by Gasteiger charge is 2.25. The van der Waals surface area contributed by atoms with Gasteiger partial charge < -0.3 is 20.8 Å². The maximum absolute atomic E-state index is 13.5. The molecule has 7 heteroatoms. The van der Waals surface area contributed by atoms with Crippen molar-refractivity contribution >= 4 is 17.7 Å². The maximum Gasteiger partial charge on any atom is 0.328 e. The molecule has 0 aliphatic heterocycles. The molecule has 0 fully saturated rings. The molecule has 2 amide bonds. The summed E-state index contributed by atoms with van der Waals surface area (Å²) in [6.45, 7) is 2.92. The fourth-order valence-corrected chi connectivity index (χ4v) is 1.41. The number of carbonyl (C=O) groups is 2. The highest BCUT2D eigenvalue weighted by Crippen LogP contribution is 2.15. The van der Waals surface area contributed by atoms with E-state index in [1.165, 1.54) is 19.1 Å². The summed E-state index contributed by atoms with van der Waals surface area (Å²) in [4.78, 5) is 22.3. The van der Waals surface area contributed by atoms with Crippen LogP contribution < -0.4 is 10.6 Å². The van der Waals surface area contributed by atoms with E-state index in [1.54, 1.807) is 13.0 Å². The lowest BCUT2D eigenvalue weighted by Gasteiger charge is -2.17. The number of hydrogen-bond donors (Lipinski definition) is 4. The first-order chi connectivity index (χ1) is 8.81. The van der Waals surface area contributed by atoms with Crippen molar-refractivity contribution in [3.8, 4) is 0 Å². The fraction of sp³-hybridized carbons (Fsp3) is 0.333. The molecule has 0 aliphatic carbocycles. The van der Waals surface area contributed by atoms with Crippen LogP contribution in [0.15, 0.2) is 18.2 Å². The van der Waals surface area contributed by atoms with Crippen molar-refractivity contribution in [3.63, 3.8) is 0 Å². The topological polar surface area (TPSA) is 98.7 Å². The number of aliphatic hydroxyl groups is 1. The zero-order chi connectivity index (χ0) is 14.6. The first-order valence-electron chi connectivity index (χ1n) is 5.56. The summed E-state index contributed by atoms with van der Waals surface area (Å²) in [5.41, 5.74) is 0.619. The molecular weight excluding hydrogens is 255 g/mol. The van der Waals surface area contributed by atoms with Crippen molar-refractivity contribution in [2.75, 3.05) is 5.32 Å². The van der Waals surface area contributed by atoms with Crippen molar-refractivity contribution in [2.45, 2.75) is 26.0 Å². The molecule has 104 valence electrons. The molecule has 0 spiro atoms. The molecule has 0 heterocycles. The number of halogens is 1. The molecule has 1 aromatic carbocycles. The van der Waals surface area contributed by atoms with E-state index in [4.69, 9.17) is 5.11 Å². The summed E-state index contributed by atoms with van der Waals surface area (Å²) in [5, 5.41) is 22.2. The Morgan fingerprint density at radius 1 is 1.37 bits per heavy atom. The second kappa shape index (κ2) is 6.14. The van der Waals surface area contributed by atoms with E-state index >= 15 is 0 Å². The molecule has 6 nitrogen and oxygen atoms in total. The minimum atomic E-state index is -1.46. The number of amides is 2. The first-order valence-corrected chi connectivity index (χ1v) is 5.56. The molecule has 0 aromatic heterocycles. The quantitative estimate of drug-likeness (QED) is 0.658. The smallest absolute Gasteiger partial charge is 0.328 e. The van der Waals surface area contributed by atoms with Crippen molar-refractivity contribution in [1.29, 1.82) is 0 Å². The Morgan fingerprint density at radius 3 is 2.47 bits per heavy atom. The van der Waals surface area contributed by atoms with Crippen LogP contribution in [0.4, 0.5) is 14.9 Å². The Labute approximate surface area is 109 Å².